The number of benzene rings is 2. The van der Waals surface area contributed by atoms with Gasteiger partial charge in [0.1, 0.15) is 0 Å². The van der Waals surface area contributed by atoms with Crippen molar-refractivity contribution in [1.82, 2.24) is 24.9 Å². The van der Waals surface area contributed by atoms with Crippen LogP contribution >= 0.6 is 22.7 Å². The SMILES string of the molecule is Cc1ccc(NC(=O)Nc2ncc(CCc3nc(C(=O)O)c(C(F)(F)F)o3)s2)c(N2CCCCC2)c1.Cc1ccc(NC(=O)Nc2ncc(Cc3nc4ncccc4o3)s2)c(N2CCCCC2)c1. The molecular formula is C46H48F3N11O6S2. The summed E-state index contributed by atoms with van der Waals surface area (Å²) in [6.45, 7) is 7.96. The highest BCUT2D eigenvalue weighted by molar-refractivity contribution is 7.16. The summed E-state index contributed by atoms with van der Waals surface area (Å²) in [6.07, 6.45) is 7.59. The van der Waals surface area contributed by atoms with E-state index in [1.165, 1.54) is 48.8 Å². The fourth-order valence-corrected chi connectivity index (χ4v) is 9.40. The number of amides is 4. The van der Waals surface area contributed by atoms with Crippen molar-refractivity contribution in [2.24, 2.45) is 0 Å². The number of halogens is 3. The average molecular weight is 972 g/mol. The standard InChI is InChI=1S/C23H24F3N5O4S.C23H24N6O2S/c1-13-5-7-15(16(11-13)31-9-3-2-4-10-31)28-21(34)30-22-27-12-14(36-22)6-8-17-29-18(20(32)33)19(35-17)23(24,25)26;1-15-7-8-17(18(12-15)29-10-3-2-4-11-29)26-22(30)28-23-25-14-16(32-23)13-20-27-21-19(31-20)6-5-9-24-21/h5,7,11-12H,2-4,6,8-10H2,1H3,(H,32,33)(H2,27,28,30,34);5-9,12,14H,2-4,10-11,13H2,1H3,(H2,25,26,28,30). The summed E-state index contributed by atoms with van der Waals surface area (Å²) in [5.74, 6) is -3.22. The highest BCUT2D eigenvalue weighted by Gasteiger charge is 2.41. The number of fused-ring (bicyclic) bond motifs is 1. The lowest BCUT2D eigenvalue weighted by Crippen LogP contribution is -2.31. The molecule has 0 bridgehead atoms. The second kappa shape index (κ2) is 21.3. The molecule has 0 radical (unpaired) electrons. The largest absolute Gasteiger partial charge is 0.476 e. The van der Waals surface area contributed by atoms with Gasteiger partial charge < -0.3 is 34.4 Å². The van der Waals surface area contributed by atoms with Gasteiger partial charge in [0.2, 0.25) is 11.7 Å². The van der Waals surface area contributed by atoms with Crippen LogP contribution < -0.4 is 31.1 Å². The average Bonchev–Trinajstić information content (AvgIpc) is 4.15. The number of thiazole rings is 2. The molecule has 7 aromatic rings. The van der Waals surface area contributed by atoms with Gasteiger partial charge in [-0.3, -0.25) is 10.6 Å². The molecule has 7 heterocycles. The number of urea groups is 2. The van der Waals surface area contributed by atoms with Crippen molar-refractivity contribution in [1.29, 1.82) is 0 Å². The van der Waals surface area contributed by atoms with Crippen molar-refractivity contribution in [3.05, 3.63) is 111 Å². The first-order valence-corrected chi connectivity index (χ1v) is 23.6. The van der Waals surface area contributed by atoms with Gasteiger partial charge in [-0.15, -0.1) is 22.7 Å². The van der Waals surface area contributed by atoms with E-state index < -0.39 is 29.6 Å². The second-order valence-electron chi connectivity index (χ2n) is 16.3. The topological polar surface area (TPSA) is 217 Å². The zero-order valence-corrected chi connectivity index (χ0v) is 38.7. The Balaban J connectivity index is 0.000000185. The number of pyridine rings is 1. The number of carboxylic acids is 1. The van der Waals surface area contributed by atoms with Crippen molar-refractivity contribution in [2.75, 3.05) is 57.2 Å². The molecule has 2 fully saturated rings. The molecule has 0 unspecified atom stereocenters. The van der Waals surface area contributed by atoms with Gasteiger partial charge in [-0.2, -0.15) is 18.2 Å². The number of nitrogens with one attached hydrogen (secondary N) is 4. The minimum atomic E-state index is -4.96. The molecule has 0 atom stereocenters. The first kappa shape index (κ1) is 47.4. The highest BCUT2D eigenvalue weighted by Crippen LogP contribution is 2.35. The maximum absolute atomic E-state index is 13.0. The maximum atomic E-state index is 13.0. The Labute approximate surface area is 396 Å². The first-order valence-electron chi connectivity index (χ1n) is 22.0. The smallest absolute Gasteiger partial charge is 0.452 e. The van der Waals surface area contributed by atoms with Crippen LogP contribution in [0.15, 0.2) is 76.0 Å². The lowest BCUT2D eigenvalue weighted by molar-refractivity contribution is -0.153. The number of hydrogen-bond donors (Lipinski definition) is 5. The number of anilines is 6. The van der Waals surface area contributed by atoms with Crippen molar-refractivity contribution < 1.29 is 41.5 Å². The Morgan fingerprint density at radius 3 is 1.78 bits per heavy atom. The third kappa shape index (κ3) is 12.3. The van der Waals surface area contributed by atoms with Crippen molar-refractivity contribution in [3.63, 3.8) is 0 Å². The molecule has 5 N–H and O–H groups in total. The molecule has 2 saturated heterocycles. The van der Waals surface area contributed by atoms with Crippen LogP contribution in [-0.4, -0.2) is 74.2 Å². The monoisotopic (exact) mass is 971 g/mol. The lowest BCUT2D eigenvalue weighted by Gasteiger charge is -2.30. The maximum Gasteiger partial charge on any atom is 0.452 e. The molecule has 356 valence electrons. The van der Waals surface area contributed by atoms with E-state index in [-0.39, 0.29) is 24.8 Å². The summed E-state index contributed by atoms with van der Waals surface area (Å²) in [4.78, 5) is 63.0. The van der Waals surface area contributed by atoms with E-state index in [1.54, 1.807) is 12.4 Å². The highest BCUT2D eigenvalue weighted by atomic mass is 32.1. The number of hydrogen-bond acceptors (Lipinski definition) is 14. The van der Waals surface area contributed by atoms with Crippen LogP contribution in [0, 0.1) is 13.8 Å². The number of alkyl halides is 3. The van der Waals surface area contributed by atoms with E-state index >= 15 is 0 Å². The third-order valence-corrected chi connectivity index (χ3v) is 12.9. The van der Waals surface area contributed by atoms with Crippen LogP contribution in [0.4, 0.5) is 55.8 Å². The summed E-state index contributed by atoms with van der Waals surface area (Å²) in [5.41, 5.74) is 5.89. The number of carbonyl (C=O) groups is 3. The molecule has 22 heteroatoms. The van der Waals surface area contributed by atoms with Gasteiger partial charge in [0, 0.05) is 60.9 Å². The summed E-state index contributed by atoms with van der Waals surface area (Å²) < 4.78 is 49.3. The predicted molar refractivity (Wildman–Crippen MR) is 254 cm³/mol. The van der Waals surface area contributed by atoms with Crippen LogP contribution in [0.2, 0.25) is 0 Å². The number of nitrogens with zero attached hydrogens (tertiary/aromatic N) is 7. The molecule has 4 amide bonds. The van der Waals surface area contributed by atoms with Crippen LogP contribution in [-0.2, 0) is 25.4 Å². The van der Waals surface area contributed by atoms with Crippen LogP contribution in [0.5, 0.6) is 0 Å². The number of carboxylic acid groups (broad SMARTS) is 1. The van der Waals surface area contributed by atoms with Crippen LogP contribution in [0.25, 0.3) is 11.2 Å². The molecule has 0 spiro atoms. The molecule has 2 aliphatic rings. The number of oxazole rings is 2. The summed E-state index contributed by atoms with van der Waals surface area (Å²) in [5, 5.41) is 21.2. The van der Waals surface area contributed by atoms with Gasteiger partial charge in [0.05, 0.1) is 29.2 Å². The Morgan fingerprint density at radius 1 is 0.691 bits per heavy atom. The van der Waals surface area contributed by atoms with Gasteiger partial charge in [0.25, 0.3) is 0 Å². The zero-order chi connectivity index (χ0) is 47.8. The third-order valence-electron chi connectivity index (χ3n) is 11.0. The van der Waals surface area contributed by atoms with Gasteiger partial charge in [-0.1, -0.05) is 12.1 Å². The molecule has 0 saturated carbocycles. The molecule has 17 nitrogen and oxygen atoms in total. The number of piperidine rings is 2. The minimum absolute atomic E-state index is 0.0627. The number of aryl methyl sites for hydroxylation is 4. The molecule has 2 aromatic carbocycles. The summed E-state index contributed by atoms with van der Waals surface area (Å²) in [6, 6.07) is 14.8. The molecule has 68 heavy (non-hydrogen) atoms. The van der Waals surface area contributed by atoms with Crippen LogP contribution in [0.3, 0.4) is 0 Å². The zero-order valence-electron chi connectivity index (χ0n) is 37.1. The van der Waals surface area contributed by atoms with Crippen LogP contribution in [0.1, 0.15) is 87.4 Å². The van der Waals surface area contributed by atoms with E-state index in [2.05, 4.69) is 73.4 Å². The predicted octanol–water partition coefficient (Wildman–Crippen LogP) is 10.8. The number of aromatic carboxylic acids is 1. The van der Waals surface area contributed by atoms with E-state index in [1.807, 2.05) is 49.4 Å². The number of aromatic nitrogens is 5. The summed E-state index contributed by atoms with van der Waals surface area (Å²) in [7, 11) is 0. The van der Waals surface area contributed by atoms with E-state index in [0.29, 0.717) is 44.4 Å². The van der Waals surface area contributed by atoms with Gasteiger partial charge in [0.15, 0.2) is 33.1 Å². The Bertz CT molecular complexity index is 2850. The fraction of sp³-hybridized carbons (Fsp3) is 0.348. The second-order valence-corrected chi connectivity index (χ2v) is 18.5. The normalized spacial score (nSPS) is 14.0. The van der Waals surface area contributed by atoms with Crippen molar-refractivity contribution in [2.45, 2.75) is 77.8 Å². The Hall–Kier alpha value is -7.07. The molecular weight excluding hydrogens is 924 g/mol. The molecule has 5 aromatic heterocycles. The van der Waals surface area contributed by atoms with Crippen molar-refractivity contribution >= 4 is 84.9 Å². The van der Waals surface area contributed by atoms with Gasteiger partial charge in [-0.05, 0) is 106 Å². The molecule has 0 aliphatic carbocycles. The first-order chi connectivity index (χ1) is 32.7. The summed E-state index contributed by atoms with van der Waals surface area (Å²) >= 11 is 2.54. The van der Waals surface area contributed by atoms with Gasteiger partial charge in [-0.25, -0.2) is 34.3 Å². The Kier molecular flexibility index (Phi) is 14.8. The molecule has 9 rings (SSSR count). The number of rotatable bonds is 12. The minimum Gasteiger partial charge on any atom is -0.476 e. The molecule has 2 aliphatic heterocycles. The van der Waals surface area contributed by atoms with Gasteiger partial charge >= 0.3 is 24.2 Å². The number of carbonyl (C=O) groups excluding carboxylic acids is 2. The van der Waals surface area contributed by atoms with E-state index in [9.17, 15) is 27.6 Å². The fourth-order valence-electron chi connectivity index (χ4n) is 7.79. The quantitative estimate of drug-likeness (QED) is 0.0771. The Morgan fingerprint density at radius 2 is 1.25 bits per heavy atom. The lowest BCUT2D eigenvalue weighted by atomic mass is 10.1. The van der Waals surface area contributed by atoms with E-state index in [4.69, 9.17) is 9.52 Å². The van der Waals surface area contributed by atoms with Crippen molar-refractivity contribution in [3.8, 4) is 0 Å². The van der Waals surface area contributed by atoms with E-state index in [0.717, 1.165) is 77.9 Å².